The van der Waals surface area contributed by atoms with Crippen molar-refractivity contribution in [3.8, 4) is 0 Å². The van der Waals surface area contributed by atoms with Gasteiger partial charge in [0.1, 0.15) is 60.6 Å². The summed E-state index contributed by atoms with van der Waals surface area (Å²) in [6.07, 6.45) is -19.8. The summed E-state index contributed by atoms with van der Waals surface area (Å²) in [5.41, 5.74) is 10.0. The van der Waals surface area contributed by atoms with E-state index in [2.05, 4.69) is 16.0 Å². The van der Waals surface area contributed by atoms with Gasteiger partial charge < -0.3 is 87.2 Å². The molecule has 3 aliphatic rings. The number of carbonyl (C=O) groups excluding carboxylic acids is 1. The van der Waals surface area contributed by atoms with Crippen molar-refractivity contribution < 1.29 is 69.0 Å². The Morgan fingerprint density at radius 3 is 2.34 bits per heavy atom. The second-order valence-electron chi connectivity index (χ2n) is 11.6. The molecule has 2 saturated heterocycles. The van der Waals surface area contributed by atoms with Gasteiger partial charge >= 0.3 is 0 Å². The summed E-state index contributed by atoms with van der Waals surface area (Å²) in [5, 5.41) is 91.3. The Hall–Kier alpha value is -1.24. The van der Waals surface area contributed by atoms with E-state index in [1.807, 2.05) is 0 Å². The molecule has 0 aromatic rings. The molecule has 2 aliphatic heterocycles. The molecule has 0 aromatic carbocycles. The van der Waals surface area contributed by atoms with E-state index in [0.717, 1.165) is 0 Å². The topological polar surface area (TPSA) is 304 Å². The number of likely N-dealkylation sites (N-methyl/N-ethyl adjacent to an activating group) is 1. The fraction of sp³-hybridized carbons (Fsp3) is 0.960. The van der Waals surface area contributed by atoms with E-state index in [-0.39, 0.29) is 32.7 Å². The molecule has 0 aromatic heterocycles. The normalized spacial score (nSPS) is 44.6. The van der Waals surface area contributed by atoms with E-state index < -0.39 is 110 Å². The number of aliphatic hydroxyl groups excluding tert-OH is 7. The molecule has 3 unspecified atom stereocenters. The van der Waals surface area contributed by atoms with E-state index in [4.69, 9.17) is 35.5 Å². The van der Waals surface area contributed by atoms with Crippen LogP contribution in [0.25, 0.3) is 0 Å². The predicted molar refractivity (Wildman–Crippen MR) is 146 cm³/mol. The second-order valence-corrected chi connectivity index (χ2v) is 11.6. The lowest BCUT2D eigenvalue weighted by Gasteiger charge is -2.49. The number of alkyl halides is 1. The zero-order valence-corrected chi connectivity index (χ0v) is 24.6. The van der Waals surface area contributed by atoms with Crippen molar-refractivity contribution in [3.63, 3.8) is 0 Å². The molecular formula is C25H48FN5O13. The fourth-order valence-corrected chi connectivity index (χ4v) is 5.70. The van der Waals surface area contributed by atoms with E-state index in [0.29, 0.717) is 0 Å². The van der Waals surface area contributed by atoms with Gasteiger partial charge in [-0.05, 0) is 20.4 Å². The van der Waals surface area contributed by atoms with Crippen molar-refractivity contribution in [3.05, 3.63) is 0 Å². The molecule has 3 rings (SSSR count). The van der Waals surface area contributed by atoms with Crippen LogP contribution in [-0.4, -0.2) is 184 Å². The number of nitrogens with two attached hydrogens (primary N) is 2. The van der Waals surface area contributed by atoms with E-state index in [9.17, 15) is 44.9 Å². The number of amides is 1. The minimum atomic E-state index is -2.15. The molecule has 1 saturated carbocycles. The standard InChI is InChI=1S/C25H48FN5O13/c1-25(40)8-41-23(18(38)21(25)29-2)44-20-11(31-22(39)13(33)9(26)6-27)5-10(28)19(17(20)37)43-24-16(36)15(35)14(34)12(42-24)7-30-3-4-32/h9-21,23-24,29-30,32-38,40H,3-8,27-28H2,1-2H3,(H,31,39)/t9?,10-,11+,12+,13?,14+,15-,16+,17-,18+,19?,20-,21+,23+,24+,25-/m0/s1. The lowest BCUT2D eigenvalue weighted by molar-refractivity contribution is -0.330. The number of rotatable bonds is 13. The Kier molecular flexibility index (Phi) is 13.6. The van der Waals surface area contributed by atoms with Crippen LogP contribution in [0.2, 0.25) is 0 Å². The molecule has 0 spiro atoms. The predicted octanol–water partition coefficient (Wildman–Crippen LogP) is -7.56. The largest absolute Gasteiger partial charge is 0.395 e. The molecule has 16 atom stereocenters. The summed E-state index contributed by atoms with van der Waals surface area (Å²) in [6, 6.07) is -3.27. The molecule has 3 fully saturated rings. The summed E-state index contributed by atoms with van der Waals surface area (Å²) in [7, 11) is 1.49. The third-order valence-electron chi connectivity index (χ3n) is 8.21. The van der Waals surface area contributed by atoms with Crippen molar-refractivity contribution in [1.82, 2.24) is 16.0 Å². The van der Waals surface area contributed by atoms with Gasteiger partial charge in [-0.1, -0.05) is 0 Å². The Balaban J connectivity index is 1.84. The maximum Gasteiger partial charge on any atom is 0.252 e. The molecule has 1 aliphatic carbocycles. The number of aliphatic hydroxyl groups is 8. The number of hydrogen-bond donors (Lipinski definition) is 13. The minimum Gasteiger partial charge on any atom is -0.395 e. The molecule has 15 N–H and O–H groups in total. The van der Waals surface area contributed by atoms with Crippen LogP contribution in [0.1, 0.15) is 13.3 Å². The van der Waals surface area contributed by atoms with Crippen LogP contribution < -0.4 is 27.4 Å². The second kappa shape index (κ2) is 16.0. The van der Waals surface area contributed by atoms with Gasteiger partial charge in [-0.15, -0.1) is 0 Å². The first-order valence-corrected chi connectivity index (χ1v) is 14.5. The molecular weight excluding hydrogens is 597 g/mol. The first-order chi connectivity index (χ1) is 20.7. The maximum absolute atomic E-state index is 14.0. The van der Waals surface area contributed by atoms with Crippen LogP contribution in [0, 0.1) is 0 Å². The minimum absolute atomic E-state index is 0.0432. The van der Waals surface area contributed by atoms with Crippen LogP contribution in [0.15, 0.2) is 0 Å². The molecule has 19 heteroatoms. The zero-order valence-electron chi connectivity index (χ0n) is 24.6. The molecule has 258 valence electrons. The van der Waals surface area contributed by atoms with Crippen molar-refractivity contribution in [2.45, 2.75) is 111 Å². The van der Waals surface area contributed by atoms with Gasteiger partial charge in [0.15, 0.2) is 18.7 Å². The third kappa shape index (κ3) is 8.37. The van der Waals surface area contributed by atoms with Crippen molar-refractivity contribution in [2.75, 3.05) is 39.9 Å². The molecule has 18 nitrogen and oxygen atoms in total. The van der Waals surface area contributed by atoms with Crippen LogP contribution in [0.4, 0.5) is 4.39 Å². The summed E-state index contributed by atoms with van der Waals surface area (Å²) in [4.78, 5) is 12.6. The van der Waals surface area contributed by atoms with Gasteiger partial charge in [-0.3, -0.25) is 4.79 Å². The van der Waals surface area contributed by atoms with Crippen LogP contribution in [0.3, 0.4) is 0 Å². The smallest absolute Gasteiger partial charge is 0.252 e. The molecule has 0 radical (unpaired) electrons. The van der Waals surface area contributed by atoms with Gasteiger partial charge in [-0.25, -0.2) is 4.39 Å². The summed E-state index contributed by atoms with van der Waals surface area (Å²) in [5.74, 6) is -1.18. The number of hydrogen-bond acceptors (Lipinski definition) is 17. The Bertz CT molecular complexity index is 915. The van der Waals surface area contributed by atoms with Gasteiger partial charge in [-0.2, -0.15) is 0 Å². The van der Waals surface area contributed by atoms with Crippen molar-refractivity contribution >= 4 is 5.91 Å². The average molecular weight is 646 g/mol. The maximum atomic E-state index is 14.0. The highest BCUT2D eigenvalue weighted by Gasteiger charge is 2.53. The number of ether oxygens (including phenoxy) is 4. The average Bonchev–Trinajstić information content (AvgIpc) is 2.98. The van der Waals surface area contributed by atoms with Crippen LogP contribution >= 0.6 is 0 Å². The summed E-state index contributed by atoms with van der Waals surface area (Å²) >= 11 is 0. The van der Waals surface area contributed by atoms with Crippen molar-refractivity contribution in [1.29, 1.82) is 0 Å². The number of nitrogens with one attached hydrogen (secondary N) is 3. The van der Waals surface area contributed by atoms with E-state index in [1.165, 1.54) is 14.0 Å². The first kappa shape index (κ1) is 37.2. The molecule has 1 amide bonds. The van der Waals surface area contributed by atoms with Crippen LogP contribution in [-0.2, 0) is 23.7 Å². The monoisotopic (exact) mass is 645 g/mol. The Labute approximate surface area is 253 Å². The van der Waals surface area contributed by atoms with Gasteiger partial charge in [0, 0.05) is 25.7 Å². The summed E-state index contributed by atoms with van der Waals surface area (Å²) in [6.45, 7) is 0.374. The summed E-state index contributed by atoms with van der Waals surface area (Å²) < 4.78 is 36.9. The highest BCUT2D eigenvalue weighted by atomic mass is 19.1. The van der Waals surface area contributed by atoms with Crippen molar-refractivity contribution in [2.24, 2.45) is 11.5 Å². The zero-order chi connectivity index (χ0) is 32.9. The quantitative estimate of drug-likeness (QED) is 0.0827. The highest BCUT2D eigenvalue weighted by molar-refractivity contribution is 5.81. The Morgan fingerprint density at radius 1 is 1.07 bits per heavy atom. The molecule has 44 heavy (non-hydrogen) atoms. The van der Waals surface area contributed by atoms with Gasteiger partial charge in [0.05, 0.1) is 25.3 Å². The molecule has 2 heterocycles. The van der Waals surface area contributed by atoms with E-state index >= 15 is 0 Å². The Morgan fingerprint density at radius 2 is 1.73 bits per heavy atom. The van der Waals surface area contributed by atoms with E-state index in [1.54, 1.807) is 0 Å². The van der Waals surface area contributed by atoms with Crippen LogP contribution in [0.5, 0.6) is 0 Å². The lowest BCUT2D eigenvalue weighted by Crippen LogP contribution is -2.70. The SMILES string of the molecule is CN[C@@H]1[C@@H](O)[C@@H](O[C@H]2[C@H](NC(=O)C(O)C(F)CN)C[C@H](N)C(O[C@H]3O[C@H](CNCCO)[C@@H](O)[C@H](O)[C@H]3O)[C@@H]2O)OC[C@]1(C)O. The van der Waals surface area contributed by atoms with Gasteiger partial charge in [0.2, 0.25) is 0 Å². The van der Waals surface area contributed by atoms with Gasteiger partial charge in [0.25, 0.3) is 5.91 Å². The number of carbonyl (C=O) groups is 1. The molecule has 0 bridgehead atoms. The number of halogens is 1. The lowest BCUT2D eigenvalue weighted by atomic mass is 9.83. The first-order valence-electron chi connectivity index (χ1n) is 14.5. The fourth-order valence-electron chi connectivity index (χ4n) is 5.70. The highest BCUT2D eigenvalue weighted by Crippen LogP contribution is 2.32. The third-order valence-corrected chi connectivity index (χ3v) is 8.21.